The molecule has 0 atom stereocenters. The predicted molar refractivity (Wildman–Crippen MR) is 87.5 cm³/mol. The summed E-state index contributed by atoms with van der Waals surface area (Å²) in [5.74, 6) is -2.08. The molecule has 0 fully saturated rings. The standard InChI is InChI=1S/C17H15NO6/c1-24-15-6-9(3-5-14(15)21)2-4-13(20)11-7-10(19)8-12(16(11)18)17(22)23/h2-8,19,21H,18H2,1H3,(H,22,23)/b4-2+. The Labute approximate surface area is 137 Å². The number of anilines is 1. The fraction of sp³-hybridized carbons (Fsp3) is 0.0588. The van der Waals surface area contributed by atoms with E-state index in [4.69, 9.17) is 15.6 Å². The molecule has 0 aliphatic heterocycles. The molecule has 5 N–H and O–H groups in total. The number of rotatable bonds is 5. The van der Waals surface area contributed by atoms with E-state index in [0.29, 0.717) is 5.56 Å². The number of phenols is 2. The summed E-state index contributed by atoms with van der Waals surface area (Å²) in [6.45, 7) is 0. The van der Waals surface area contributed by atoms with Crippen LogP contribution in [0.2, 0.25) is 0 Å². The van der Waals surface area contributed by atoms with Crippen molar-refractivity contribution in [3.05, 3.63) is 53.1 Å². The van der Waals surface area contributed by atoms with Gasteiger partial charge in [-0.15, -0.1) is 0 Å². The van der Waals surface area contributed by atoms with Crippen molar-refractivity contribution >= 4 is 23.5 Å². The van der Waals surface area contributed by atoms with Gasteiger partial charge in [-0.3, -0.25) is 4.79 Å². The first-order valence-corrected chi connectivity index (χ1v) is 6.78. The van der Waals surface area contributed by atoms with Crippen molar-refractivity contribution in [3.63, 3.8) is 0 Å². The number of carboxylic acids is 1. The molecule has 0 aliphatic rings. The van der Waals surface area contributed by atoms with Crippen molar-refractivity contribution in [1.82, 2.24) is 0 Å². The lowest BCUT2D eigenvalue weighted by atomic mass is 10.0. The predicted octanol–water partition coefficient (Wildman–Crippen LogP) is 2.28. The Hall–Kier alpha value is -3.48. The summed E-state index contributed by atoms with van der Waals surface area (Å²) in [5.41, 5.74) is 5.58. The van der Waals surface area contributed by atoms with Gasteiger partial charge in [-0.1, -0.05) is 12.1 Å². The normalized spacial score (nSPS) is 10.7. The van der Waals surface area contributed by atoms with Crippen LogP contribution in [-0.4, -0.2) is 34.2 Å². The Morgan fingerprint density at radius 2 is 1.79 bits per heavy atom. The second-order valence-electron chi connectivity index (χ2n) is 4.89. The third-order valence-corrected chi connectivity index (χ3v) is 3.29. The molecule has 2 aromatic rings. The van der Waals surface area contributed by atoms with Gasteiger partial charge in [-0.05, 0) is 35.9 Å². The third kappa shape index (κ3) is 3.46. The van der Waals surface area contributed by atoms with Crippen molar-refractivity contribution in [1.29, 1.82) is 0 Å². The van der Waals surface area contributed by atoms with Gasteiger partial charge < -0.3 is 25.8 Å². The molecule has 2 aromatic carbocycles. The SMILES string of the molecule is COc1cc(/C=C/C(=O)c2cc(O)cc(C(=O)O)c2N)ccc1O. The van der Waals surface area contributed by atoms with Crippen LogP contribution >= 0.6 is 0 Å². The minimum absolute atomic E-state index is 0.0377. The number of nitrogens with two attached hydrogens (primary N) is 1. The lowest BCUT2D eigenvalue weighted by Gasteiger charge is -2.07. The molecule has 0 amide bonds. The van der Waals surface area contributed by atoms with E-state index in [0.717, 1.165) is 12.1 Å². The number of ether oxygens (including phenoxy) is 1. The summed E-state index contributed by atoms with van der Waals surface area (Å²) >= 11 is 0. The van der Waals surface area contributed by atoms with Crippen molar-refractivity contribution in [2.24, 2.45) is 0 Å². The second-order valence-corrected chi connectivity index (χ2v) is 4.89. The van der Waals surface area contributed by atoms with E-state index < -0.39 is 11.8 Å². The Bertz CT molecular complexity index is 841. The molecule has 0 aromatic heterocycles. The number of carboxylic acid groups (broad SMARTS) is 1. The van der Waals surface area contributed by atoms with Gasteiger partial charge >= 0.3 is 5.97 Å². The maximum absolute atomic E-state index is 12.2. The largest absolute Gasteiger partial charge is 0.508 e. The molecule has 0 radical (unpaired) electrons. The maximum atomic E-state index is 12.2. The minimum atomic E-state index is -1.34. The van der Waals surface area contributed by atoms with Gasteiger partial charge in [-0.25, -0.2) is 4.79 Å². The van der Waals surface area contributed by atoms with E-state index in [1.54, 1.807) is 6.07 Å². The summed E-state index contributed by atoms with van der Waals surface area (Å²) in [7, 11) is 1.40. The Kier molecular flexibility index (Phi) is 4.74. The summed E-state index contributed by atoms with van der Waals surface area (Å²) in [6.07, 6.45) is 2.64. The molecule has 2 rings (SSSR count). The molecule has 0 heterocycles. The number of carbonyl (C=O) groups excluding carboxylic acids is 1. The lowest BCUT2D eigenvalue weighted by Crippen LogP contribution is -2.08. The van der Waals surface area contributed by atoms with Gasteiger partial charge in [-0.2, -0.15) is 0 Å². The monoisotopic (exact) mass is 329 g/mol. The highest BCUT2D eigenvalue weighted by Crippen LogP contribution is 2.28. The zero-order valence-electron chi connectivity index (χ0n) is 12.7. The zero-order chi connectivity index (χ0) is 17.9. The number of hydrogen-bond acceptors (Lipinski definition) is 6. The maximum Gasteiger partial charge on any atom is 0.337 e. The van der Waals surface area contributed by atoms with Gasteiger partial charge in [0.2, 0.25) is 0 Å². The minimum Gasteiger partial charge on any atom is -0.508 e. The first kappa shape index (κ1) is 16.9. The molecule has 124 valence electrons. The van der Waals surface area contributed by atoms with Crippen LogP contribution in [-0.2, 0) is 0 Å². The number of nitrogen functional groups attached to an aromatic ring is 1. The molecule has 0 saturated heterocycles. The molecule has 0 spiro atoms. The highest BCUT2D eigenvalue weighted by molar-refractivity contribution is 6.13. The number of hydrogen-bond donors (Lipinski definition) is 4. The number of aromatic hydroxyl groups is 2. The van der Waals surface area contributed by atoms with E-state index in [1.165, 1.54) is 31.4 Å². The first-order chi connectivity index (χ1) is 11.3. The number of ketones is 1. The van der Waals surface area contributed by atoms with Crippen LogP contribution in [0.25, 0.3) is 6.08 Å². The van der Waals surface area contributed by atoms with Crippen LogP contribution in [0.4, 0.5) is 5.69 Å². The molecule has 7 heteroatoms. The van der Waals surface area contributed by atoms with Crippen LogP contribution in [0.3, 0.4) is 0 Å². The van der Waals surface area contributed by atoms with Gasteiger partial charge in [0.25, 0.3) is 0 Å². The molecule has 24 heavy (non-hydrogen) atoms. The van der Waals surface area contributed by atoms with Crippen molar-refractivity contribution in [2.75, 3.05) is 12.8 Å². The van der Waals surface area contributed by atoms with E-state index in [2.05, 4.69) is 0 Å². The summed E-state index contributed by atoms with van der Waals surface area (Å²) in [6, 6.07) is 6.58. The van der Waals surface area contributed by atoms with Crippen LogP contribution < -0.4 is 10.5 Å². The number of methoxy groups -OCH3 is 1. The molecular formula is C17H15NO6. The van der Waals surface area contributed by atoms with Crippen LogP contribution in [0, 0.1) is 0 Å². The second kappa shape index (κ2) is 6.74. The zero-order valence-corrected chi connectivity index (χ0v) is 12.7. The molecule has 0 aliphatic carbocycles. The van der Waals surface area contributed by atoms with Gasteiger partial charge in [0, 0.05) is 5.56 Å². The first-order valence-electron chi connectivity index (χ1n) is 6.78. The van der Waals surface area contributed by atoms with Crippen molar-refractivity contribution in [3.8, 4) is 17.2 Å². The highest BCUT2D eigenvalue weighted by atomic mass is 16.5. The smallest absolute Gasteiger partial charge is 0.337 e. The number of phenolic OH excluding ortho intramolecular Hbond substituents is 2. The van der Waals surface area contributed by atoms with E-state index in [-0.39, 0.29) is 34.1 Å². The molecule has 0 unspecified atom stereocenters. The summed E-state index contributed by atoms with van der Waals surface area (Å²) < 4.78 is 4.97. The van der Waals surface area contributed by atoms with E-state index in [9.17, 15) is 19.8 Å². The van der Waals surface area contributed by atoms with Gasteiger partial charge in [0.1, 0.15) is 5.75 Å². The summed E-state index contributed by atoms with van der Waals surface area (Å²) in [4.78, 5) is 23.3. The fourth-order valence-electron chi connectivity index (χ4n) is 2.08. The number of allylic oxidation sites excluding steroid dienone is 1. The van der Waals surface area contributed by atoms with Gasteiger partial charge in [0.05, 0.1) is 18.4 Å². The van der Waals surface area contributed by atoms with Crippen LogP contribution in [0.1, 0.15) is 26.3 Å². The highest BCUT2D eigenvalue weighted by Gasteiger charge is 2.17. The topological polar surface area (TPSA) is 130 Å². The van der Waals surface area contributed by atoms with Crippen molar-refractivity contribution < 1.29 is 29.6 Å². The number of benzene rings is 2. The molecular weight excluding hydrogens is 314 g/mol. The average molecular weight is 329 g/mol. The summed E-state index contributed by atoms with van der Waals surface area (Å²) in [5, 5.41) is 28.1. The molecule has 0 saturated carbocycles. The fourth-order valence-corrected chi connectivity index (χ4v) is 2.08. The van der Waals surface area contributed by atoms with E-state index >= 15 is 0 Å². The average Bonchev–Trinajstić information content (AvgIpc) is 2.55. The van der Waals surface area contributed by atoms with Gasteiger partial charge in [0.15, 0.2) is 17.3 Å². The quantitative estimate of drug-likeness (QED) is 0.286. The van der Waals surface area contributed by atoms with Crippen LogP contribution in [0.15, 0.2) is 36.4 Å². The number of aromatic carboxylic acids is 1. The van der Waals surface area contributed by atoms with Crippen LogP contribution in [0.5, 0.6) is 17.2 Å². The molecule has 7 nitrogen and oxygen atoms in total. The van der Waals surface area contributed by atoms with E-state index in [1.807, 2.05) is 0 Å². The third-order valence-electron chi connectivity index (χ3n) is 3.29. The number of carbonyl (C=O) groups is 2. The lowest BCUT2D eigenvalue weighted by molar-refractivity contribution is 0.0697. The van der Waals surface area contributed by atoms with Crippen molar-refractivity contribution in [2.45, 2.75) is 0 Å². The Balaban J connectivity index is 2.35. The Morgan fingerprint density at radius 3 is 2.42 bits per heavy atom. The molecule has 0 bridgehead atoms. The Morgan fingerprint density at radius 1 is 1.12 bits per heavy atom.